The second-order valence-corrected chi connectivity index (χ2v) is 6.07. The van der Waals surface area contributed by atoms with Gasteiger partial charge in [-0.15, -0.1) is 0 Å². The summed E-state index contributed by atoms with van der Waals surface area (Å²) in [5, 5.41) is 3.70. The van der Waals surface area contributed by atoms with Gasteiger partial charge in [-0.1, -0.05) is 18.3 Å². The highest BCUT2D eigenvalue weighted by molar-refractivity contribution is 7.15. The van der Waals surface area contributed by atoms with Crippen molar-refractivity contribution < 1.29 is 13.2 Å². The molecule has 3 nitrogen and oxygen atoms in total. The molecule has 1 heterocycles. The van der Waals surface area contributed by atoms with Crippen molar-refractivity contribution in [2.75, 3.05) is 18.0 Å². The lowest BCUT2D eigenvalue weighted by molar-refractivity contribution is -0.120. The number of aromatic nitrogens is 1. The number of nitrogens with zero attached hydrogens (tertiary/aromatic N) is 2. The van der Waals surface area contributed by atoms with Crippen molar-refractivity contribution in [1.29, 1.82) is 0 Å². The summed E-state index contributed by atoms with van der Waals surface area (Å²) in [5.74, 6) is 0. The predicted molar refractivity (Wildman–Crippen MR) is 77.5 cm³/mol. The summed E-state index contributed by atoms with van der Waals surface area (Å²) in [6.07, 6.45) is -4.22. The standard InChI is InChI=1S/C13H22F3N3S/c1-6-17-9(4)11-10(5)18-12(20-11)19(8(2)3)7-13(14,15)16/h8-9,17H,6-7H2,1-5H3. The molecule has 0 fully saturated rings. The molecule has 0 saturated heterocycles. The first-order chi connectivity index (χ1) is 9.15. The number of nitrogens with one attached hydrogen (secondary N) is 1. The Labute approximate surface area is 122 Å². The van der Waals surface area contributed by atoms with Gasteiger partial charge >= 0.3 is 6.18 Å². The summed E-state index contributed by atoms with van der Waals surface area (Å²) in [4.78, 5) is 6.62. The van der Waals surface area contributed by atoms with Gasteiger partial charge in [-0.3, -0.25) is 0 Å². The predicted octanol–water partition coefficient (Wildman–Crippen LogP) is 3.90. The minimum Gasteiger partial charge on any atom is -0.337 e. The molecule has 7 heteroatoms. The van der Waals surface area contributed by atoms with Crippen LogP contribution in [0.15, 0.2) is 0 Å². The van der Waals surface area contributed by atoms with Crippen LogP contribution in [0.4, 0.5) is 18.3 Å². The fourth-order valence-corrected chi connectivity index (χ4v) is 3.21. The van der Waals surface area contributed by atoms with Gasteiger partial charge in [0, 0.05) is 17.0 Å². The monoisotopic (exact) mass is 309 g/mol. The van der Waals surface area contributed by atoms with Gasteiger partial charge in [0.1, 0.15) is 6.54 Å². The van der Waals surface area contributed by atoms with Crippen LogP contribution in [0.5, 0.6) is 0 Å². The third-order valence-corrected chi connectivity index (χ3v) is 4.32. The van der Waals surface area contributed by atoms with Crippen molar-refractivity contribution in [1.82, 2.24) is 10.3 Å². The normalized spacial score (nSPS) is 13.8. The lowest BCUT2D eigenvalue weighted by Gasteiger charge is -2.27. The van der Waals surface area contributed by atoms with Crippen LogP contribution < -0.4 is 10.2 Å². The topological polar surface area (TPSA) is 28.2 Å². The number of thiazole rings is 1. The summed E-state index contributed by atoms with van der Waals surface area (Å²) in [7, 11) is 0. The van der Waals surface area contributed by atoms with Gasteiger partial charge in [0.05, 0.1) is 5.69 Å². The summed E-state index contributed by atoms with van der Waals surface area (Å²) in [6.45, 7) is 9.17. The van der Waals surface area contributed by atoms with Crippen LogP contribution in [0.3, 0.4) is 0 Å². The summed E-state index contributed by atoms with van der Waals surface area (Å²) in [5.41, 5.74) is 0.797. The van der Waals surface area contributed by atoms with Crippen LogP contribution >= 0.6 is 11.3 Å². The third-order valence-electron chi connectivity index (χ3n) is 2.94. The van der Waals surface area contributed by atoms with Crippen molar-refractivity contribution in [3.05, 3.63) is 10.6 Å². The van der Waals surface area contributed by atoms with Crippen LogP contribution in [0.1, 0.15) is 44.3 Å². The van der Waals surface area contributed by atoms with Crippen LogP contribution in [0, 0.1) is 6.92 Å². The second kappa shape index (κ2) is 6.76. The molecule has 1 aromatic rings. The van der Waals surface area contributed by atoms with Crippen LogP contribution in [0.25, 0.3) is 0 Å². The second-order valence-electron chi connectivity index (χ2n) is 5.06. The summed E-state index contributed by atoms with van der Waals surface area (Å²) in [6, 6.07) is -0.143. The van der Waals surface area contributed by atoms with Crippen LogP contribution in [0.2, 0.25) is 0 Å². The smallest absolute Gasteiger partial charge is 0.337 e. The van der Waals surface area contributed by atoms with Crippen molar-refractivity contribution in [3.63, 3.8) is 0 Å². The van der Waals surface area contributed by atoms with E-state index in [1.165, 1.54) is 16.2 Å². The summed E-state index contributed by atoms with van der Waals surface area (Å²) >= 11 is 1.34. The zero-order valence-electron chi connectivity index (χ0n) is 12.5. The van der Waals surface area contributed by atoms with Crippen LogP contribution in [-0.2, 0) is 0 Å². The van der Waals surface area contributed by atoms with Crippen molar-refractivity contribution >= 4 is 16.5 Å². The van der Waals surface area contributed by atoms with E-state index in [4.69, 9.17) is 0 Å². The SMILES string of the molecule is CCNC(C)c1sc(N(CC(F)(F)F)C(C)C)nc1C. The zero-order valence-corrected chi connectivity index (χ0v) is 13.3. The molecule has 1 N–H and O–H groups in total. The fraction of sp³-hybridized carbons (Fsp3) is 0.769. The molecule has 0 aromatic carbocycles. The number of aryl methyl sites for hydroxylation is 1. The molecule has 0 saturated carbocycles. The molecule has 0 bridgehead atoms. The molecule has 0 aliphatic heterocycles. The first-order valence-electron chi connectivity index (χ1n) is 6.69. The number of hydrogen-bond donors (Lipinski definition) is 1. The number of hydrogen-bond acceptors (Lipinski definition) is 4. The van der Waals surface area contributed by atoms with E-state index in [1.54, 1.807) is 13.8 Å². The molecule has 0 spiro atoms. The Balaban J connectivity index is 3.01. The maximum absolute atomic E-state index is 12.7. The molecule has 1 rings (SSSR count). The number of alkyl halides is 3. The maximum Gasteiger partial charge on any atom is 0.406 e. The molecular formula is C13H22F3N3S. The molecule has 1 atom stereocenters. The highest BCUT2D eigenvalue weighted by atomic mass is 32.1. The van der Waals surface area contributed by atoms with Crippen molar-refractivity contribution in [2.24, 2.45) is 0 Å². The van der Waals surface area contributed by atoms with E-state index in [-0.39, 0.29) is 12.1 Å². The molecule has 1 unspecified atom stereocenters. The van der Waals surface area contributed by atoms with Gasteiger partial charge in [0.15, 0.2) is 5.13 Å². The average Bonchev–Trinajstić information content (AvgIpc) is 2.67. The molecule has 0 aliphatic rings. The third kappa shape index (κ3) is 4.63. The highest BCUT2D eigenvalue weighted by Crippen LogP contribution is 2.33. The number of rotatable bonds is 6. The number of anilines is 1. The van der Waals surface area contributed by atoms with E-state index in [9.17, 15) is 13.2 Å². The van der Waals surface area contributed by atoms with Crippen molar-refractivity contribution in [3.8, 4) is 0 Å². The maximum atomic E-state index is 12.7. The van der Waals surface area contributed by atoms with E-state index in [2.05, 4.69) is 10.3 Å². The molecule has 1 aromatic heterocycles. The van der Waals surface area contributed by atoms with Gasteiger partial charge in [-0.2, -0.15) is 13.2 Å². The van der Waals surface area contributed by atoms with Gasteiger partial charge in [0.2, 0.25) is 0 Å². The summed E-state index contributed by atoms with van der Waals surface area (Å²) < 4.78 is 38.0. The van der Waals surface area contributed by atoms with Gasteiger partial charge in [-0.25, -0.2) is 4.98 Å². The largest absolute Gasteiger partial charge is 0.406 e. The Morgan fingerprint density at radius 3 is 2.35 bits per heavy atom. The Hall–Kier alpha value is -0.820. The Morgan fingerprint density at radius 2 is 1.90 bits per heavy atom. The first kappa shape index (κ1) is 17.2. The lowest BCUT2D eigenvalue weighted by atomic mass is 10.2. The molecule has 20 heavy (non-hydrogen) atoms. The van der Waals surface area contributed by atoms with E-state index >= 15 is 0 Å². The highest BCUT2D eigenvalue weighted by Gasteiger charge is 2.33. The first-order valence-corrected chi connectivity index (χ1v) is 7.51. The van der Waals surface area contributed by atoms with Gasteiger partial charge in [-0.05, 0) is 34.2 Å². The fourth-order valence-electron chi connectivity index (χ4n) is 1.98. The lowest BCUT2D eigenvalue weighted by Crippen LogP contribution is -2.39. The quantitative estimate of drug-likeness (QED) is 0.864. The van der Waals surface area contributed by atoms with Crippen molar-refractivity contribution in [2.45, 2.75) is 52.9 Å². The Morgan fingerprint density at radius 1 is 1.30 bits per heavy atom. The minimum absolute atomic E-state index is 0.103. The van der Waals surface area contributed by atoms with E-state index in [0.29, 0.717) is 5.13 Å². The van der Waals surface area contributed by atoms with E-state index in [0.717, 1.165) is 17.1 Å². The Kier molecular flexibility index (Phi) is 5.82. The Bertz CT molecular complexity index is 429. The van der Waals surface area contributed by atoms with Gasteiger partial charge < -0.3 is 10.2 Å². The zero-order chi connectivity index (χ0) is 15.5. The number of halogens is 3. The molecule has 116 valence electrons. The van der Waals surface area contributed by atoms with E-state index < -0.39 is 12.7 Å². The average molecular weight is 309 g/mol. The molecule has 0 radical (unpaired) electrons. The molecule has 0 amide bonds. The minimum atomic E-state index is -4.22. The van der Waals surface area contributed by atoms with E-state index in [1.807, 2.05) is 20.8 Å². The molecular weight excluding hydrogens is 287 g/mol. The van der Waals surface area contributed by atoms with Gasteiger partial charge in [0.25, 0.3) is 0 Å². The van der Waals surface area contributed by atoms with Crippen LogP contribution in [-0.4, -0.2) is 30.3 Å². The molecule has 0 aliphatic carbocycles.